The summed E-state index contributed by atoms with van der Waals surface area (Å²) < 4.78 is 5.53. The van der Waals surface area contributed by atoms with Crippen LogP contribution in [0.2, 0.25) is 0 Å². The average Bonchev–Trinajstić information content (AvgIpc) is 3.08. The van der Waals surface area contributed by atoms with E-state index in [1.165, 1.54) is 4.90 Å². The van der Waals surface area contributed by atoms with E-state index in [2.05, 4.69) is 17.4 Å². The van der Waals surface area contributed by atoms with Crippen molar-refractivity contribution in [2.75, 3.05) is 19.7 Å². The van der Waals surface area contributed by atoms with Crippen LogP contribution in [-0.2, 0) is 14.3 Å². The van der Waals surface area contributed by atoms with Gasteiger partial charge in [-0.2, -0.15) is 0 Å². The Balaban J connectivity index is 1.66. The number of carboxylic acids is 1. The van der Waals surface area contributed by atoms with Crippen LogP contribution < -0.4 is 5.32 Å². The predicted octanol–water partition coefficient (Wildman–Crippen LogP) is 3.87. The van der Waals surface area contributed by atoms with Crippen LogP contribution in [-0.4, -0.2) is 53.7 Å². The molecular formula is C25H30N2O5. The highest BCUT2D eigenvalue weighted by Crippen LogP contribution is 2.44. The van der Waals surface area contributed by atoms with Crippen molar-refractivity contribution >= 4 is 18.0 Å². The van der Waals surface area contributed by atoms with Crippen molar-refractivity contribution in [1.82, 2.24) is 10.2 Å². The van der Waals surface area contributed by atoms with Crippen molar-refractivity contribution in [3.8, 4) is 11.1 Å². The quantitative estimate of drug-likeness (QED) is 0.620. The summed E-state index contributed by atoms with van der Waals surface area (Å²) in [6, 6.07) is 15.3. The molecule has 0 fully saturated rings. The lowest BCUT2D eigenvalue weighted by molar-refractivity contribution is -0.145. The molecule has 0 radical (unpaired) electrons. The number of rotatable bonds is 9. The Morgan fingerprint density at radius 2 is 1.59 bits per heavy atom. The monoisotopic (exact) mass is 438 g/mol. The molecule has 1 aliphatic rings. The molecule has 1 aliphatic carbocycles. The fraction of sp³-hybridized carbons (Fsp3) is 0.400. The molecule has 2 N–H and O–H groups in total. The van der Waals surface area contributed by atoms with Crippen LogP contribution in [0.15, 0.2) is 48.5 Å². The smallest absolute Gasteiger partial charge is 0.407 e. The molecule has 2 amide bonds. The van der Waals surface area contributed by atoms with E-state index in [9.17, 15) is 14.4 Å². The van der Waals surface area contributed by atoms with Crippen molar-refractivity contribution in [1.29, 1.82) is 0 Å². The second-order valence-electron chi connectivity index (χ2n) is 8.44. The summed E-state index contributed by atoms with van der Waals surface area (Å²) in [5.41, 5.74) is 4.48. The number of amides is 2. The molecule has 32 heavy (non-hydrogen) atoms. The normalized spacial score (nSPS) is 13.2. The zero-order chi connectivity index (χ0) is 23.3. The molecule has 0 aliphatic heterocycles. The van der Waals surface area contributed by atoms with Crippen LogP contribution in [0.4, 0.5) is 4.79 Å². The highest BCUT2D eigenvalue weighted by Gasteiger charge is 2.30. The summed E-state index contributed by atoms with van der Waals surface area (Å²) in [5.74, 6) is -1.48. The summed E-state index contributed by atoms with van der Waals surface area (Å²) in [4.78, 5) is 37.8. The van der Waals surface area contributed by atoms with Gasteiger partial charge in [0.1, 0.15) is 19.2 Å². The lowest BCUT2D eigenvalue weighted by atomic mass is 9.98. The maximum Gasteiger partial charge on any atom is 0.407 e. The Morgan fingerprint density at radius 1 is 1.03 bits per heavy atom. The van der Waals surface area contributed by atoms with E-state index in [0.29, 0.717) is 13.0 Å². The molecule has 0 saturated carbocycles. The Kier molecular flexibility index (Phi) is 7.51. The number of hydrogen-bond acceptors (Lipinski definition) is 4. The molecular weight excluding hydrogens is 408 g/mol. The number of carboxylic acid groups (broad SMARTS) is 1. The first-order valence-corrected chi connectivity index (χ1v) is 10.9. The lowest BCUT2D eigenvalue weighted by Gasteiger charge is -2.27. The second-order valence-corrected chi connectivity index (χ2v) is 8.44. The van der Waals surface area contributed by atoms with Crippen LogP contribution >= 0.6 is 0 Å². The highest BCUT2D eigenvalue weighted by molar-refractivity contribution is 5.88. The first-order valence-electron chi connectivity index (χ1n) is 10.9. The van der Waals surface area contributed by atoms with Gasteiger partial charge in [-0.15, -0.1) is 0 Å². The van der Waals surface area contributed by atoms with Gasteiger partial charge >= 0.3 is 12.1 Å². The molecule has 0 saturated heterocycles. The van der Waals surface area contributed by atoms with Crippen molar-refractivity contribution in [3.63, 3.8) is 0 Å². The number of benzene rings is 2. The van der Waals surface area contributed by atoms with Gasteiger partial charge in [0.2, 0.25) is 5.91 Å². The van der Waals surface area contributed by atoms with Crippen LogP contribution in [0, 0.1) is 5.92 Å². The van der Waals surface area contributed by atoms with Crippen LogP contribution in [0.5, 0.6) is 0 Å². The number of hydrogen-bond donors (Lipinski definition) is 2. The van der Waals surface area contributed by atoms with Crippen molar-refractivity contribution < 1.29 is 24.2 Å². The van der Waals surface area contributed by atoms with E-state index in [4.69, 9.17) is 9.84 Å². The first kappa shape index (κ1) is 23.3. The van der Waals surface area contributed by atoms with Crippen LogP contribution in [0.25, 0.3) is 11.1 Å². The Labute approximate surface area is 188 Å². The molecule has 170 valence electrons. The molecule has 3 rings (SSSR count). The van der Waals surface area contributed by atoms with Gasteiger partial charge < -0.3 is 20.1 Å². The minimum atomic E-state index is -1.09. The van der Waals surface area contributed by atoms with Crippen molar-refractivity contribution in [2.24, 2.45) is 5.92 Å². The molecule has 0 aromatic heterocycles. The highest BCUT2D eigenvalue weighted by atomic mass is 16.5. The number of ether oxygens (including phenoxy) is 1. The standard InChI is InChI=1S/C25H30N2O5/c1-4-22(24(30)27(13-16(2)3)14-23(28)29)26-25(31)32-15-21-19-11-7-5-9-17(19)18-10-6-8-12-20(18)21/h5-12,16,21-22H,4,13-15H2,1-3H3,(H,26,31)(H,28,29)/t22-/m1/s1. The summed E-state index contributed by atoms with van der Waals surface area (Å²) in [6.07, 6.45) is -0.357. The Hall–Kier alpha value is -3.35. The molecule has 7 nitrogen and oxygen atoms in total. The van der Waals surface area contributed by atoms with E-state index >= 15 is 0 Å². The largest absolute Gasteiger partial charge is 0.480 e. The second kappa shape index (κ2) is 10.3. The van der Waals surface area contributed by atoms with Crippen LogP contribution in [0.3, 0.4) is 0 Å². The maximum atomic E-state index is 12.9. The predicted molar refractivity (Wildman–Crippen MR) is 121 cm³/mol. The minimum Gasteiger partial charge on any atom is -0.480 e. The van der Waals surface area contributed by atoms with Crippen LogP contribution in [0.1, 0.15) is 44.2 Å². The fourth-order valence-electron chi connectivity index (χ4n) is 4.18. The zero-order valence-electron chi connectivity index (χ0n) is 18.7. The third-order valence-corrected chi connectivity index (χ3v) is 5.57. The molecule has 2 aromatic rings. The molecule has 1 atom stereocenters. The fourth-order valence-corrected chi connectivity index (χ4v) is 4.18. The molecule has 2 aromatic carbocycles. The molecule has 0 spiro atoms. The number of carbonyl (C=O) groups excluding carboxylic acids is 2. The van der Waals surface area contributed by atoms with Crippen molar-refractivity contribution in [3.05, 3.63) is 59.7 Å². The maximum absolute atomic E-state index is 12.9. The lowest BCUT2D eigenvalue weighted by Crippen LogP contribution is -2.50. The van der Waals surface area contributed by atoms with E-state index in [0.717, 1.165) is 22.3 Å². The van der Waals surface area contributed by atoms with E-state index in [-0.39, 0.29) is 18.4 Å². The van der Waals surface area contributed by atoms with Gasteiger partial charge in [-0.1, -0.05) is 69.3 Å². The summed E-state index contributed by atoms with van der Waals surface area (Å²) in [5, 5.41) is 11.8. The van der Waals surface area contributed by atoms with Gasteiger partial charge in [-0.3, -0.25) is 9.59 Å². The van der Waals surface area contributed by atoms with Gasteiger partial charge in [0.15, 0.2) is 0 Å². The Morgan fingerprint density at radius 3 is 2.09 bits per heavy atom. The van der Waals surface area contributed by atoms with Gasteiger partial charge in [-0.05, 0) is 34.6 Å². The summed E-state index contributed by atoms with van der Waals surface area (Å²) in [6.45, 7) is 5.62. The van der Waals surface area contributed by atoms with E-state index < -0.39 is 30.6 Å². The summed E-state index contributed by atoms with van der Waals surface area (Å²) in [7, 11) is 0. The number of fused-ring (bicyclic) bond motifs is 3. The van der Waals surface area contributed by atoms with Gasteiger partial charge in [0, 0.05) is 12.5 Å². The van der Waals surface area contributed by atoms with E-state index in [1.807, 2.05) is 50.2 Å². The van der Waals surface area contributed by atoms with Gasteiger partial charge in [0.05, 0.1) is 0 Å². The number of nitrogens with one attached hydrogen (secondary N) is 1. The number of carbonyl (C=O) groups is 3. The zero-order valence-corrected chi connectivity index (χ0v) is 18.7. The SMILES string of the molecule is CC[C@@H](NC(=O)OCC1c2ccccc2-c2ccccc21)C(=O)N(CC(=O)O)CC(C)C. The van der Waals surface area contributed by atoms with Crippen molar-refractivity contribution in [2.45, 2.75) is 39.2 Å². The number of aliphatic carboxylic acids is 1. The first-order chi connectivity index (χ1) is 15.3. The van der Waals surface area contributed by atoms with Gasteiger partial charge in [0.25, 0.3) is 0 Å². The molecule has 0 heterocycles. The number of alkyl carbamates (subject to hydrolysis) is 1. The summed E-state index contributed by atoms with van der Waals surface area (Å²) >= 11 is 0. The number of nitrogens with zero attached hydrogens (tertiary/aromatic N) is 1. The average molecular weight is 439 g/mol. The Bertz CT molecular complexity index is 942. The third-order valence-electron chi connectivity index (χ3n) is 5.57. The molecule has 0 unspecified atom stereocenters. The molecule has 0 bridgehead atoms. The minimum absolute atomic E-state index is 0.0756. The van der Waals surface area contributed by atoms with Gasteiger partial charge in [-0.25, -0.2) is 4.79 Å². The molecule has 7 heteroatoms. The topological polar surface area (TPSA) is 95.9 Å². The van der Waals surface area contributed by atoms with E-state index in [1.54, 1.807) is 6.92 Å². The third kappa shape index (κ3) is 5.28.